The van der Waals surface area contributed by atoms with Gasteiger partial charge >= 0.3 is 0 Å². The average molecular weight is 409 g/mol. The molecule has 7 heteroatoms. The molecule has 6 nitrogen and oxygen atoms in total. The van der Waals surface area contributed by atoms with Gasteiger partial charge in [0.15, 0.2) is 5.76 Å². The zero-order valence-corrected chi connectivity index (χ0v) is 17.2. The Bertz CT molecular complexity index is 1210. The van der Waals surface area contributed by atoms with Gasteiger partial charge < -0.3 is 9.40 Å². The van der Waals surface area contributed by atoms with Crippen molar-refractivity contribution < 1.29 is 4.42 Å². The number of H-pyrrole nitrogens is 1. The Hall–Kier alpha value is -2.96. The Morgan fingerprint density at radius 2 is 1.86 bits per heavy atom. The molecule has 0 radical (unpaired) electrons. The van der Waals surface area contributed by atoms with Gasteiger partial charge in [0.05, 0.1) is 29.2 Å². The van der Waals surface area contributed by atoms with Crippen molar-refractivity contribution in [3.05, 3.63) is 81.3 Å². The Morgan fingerprint density at radius 3 is 2.62 bits per heavy atom. The van der Waals surface area contributed by atoms with Gasteiger partial charge in [-0.15, -0.1) is 0 Å². The van der Waals surface area contributed by atoms with Gasteiger partial charge in [0.2, 0.25) is 5.89 Å². The Balaban J connectivity index is 1.57. The van der Waals surface area contributed by atoms with Crippen LogP contribution in [0.5, 0.6) is 0 Å². The van der Waals surface area contributed by atoms with Crippen molar-refractivity contribution in [2.45, 2.75) is 26.4 Å². The van der Waals surface area contributed by atoms with Crippen LogP contribution in [0.25, 0.3) is 22.2 Å². The topological polar surface area (TPSA) is 75.0 Å². The predicted molar refractivity (Wildman–Crippen MR) is 114 cm³/mol. The molecule has 2 aromatic heterocycles. The minimum Gasteiger partial charge on any atom is -0.439 e. The lowest BCUT2D eigenvalue weighted by molar-refractivity contribution is 0.213. The first-order valence-corrected chi connectivity index (χ1v) is 9.71. The fraction of sp³-hybridized carbons (Fsp3) is 0.227. The summed E-state index contributed by atoms with van der Waals surface area (Å²) in [5, 5.41) is 1.26. The maximum atomic E-state index is 12.3. The molecule has 4 aromatic rings. The molecule has 0 saturated heterocycles. The minimum atomic E-state index is -0.136. The van der Waals surface area contributed by atoms with E-state index in [-0.39, 0.29) is 11.6 Å². The number of nitrogens with zero attached hydrogens (tertiary/aromatic N) is 3. The van der Waals surface area contributed by atoms with E-state index in [0.29, 0.717) is 34.2 Å². The largest absolute Gasteiger partial charge is 0.439 e. The lowest BCUT2D eigenvalue weighted by Crippen LogP contribution is -2.25. The Labute approximate surface area is 173 Å². The number of oxazole rings is 1. The van der Waals surface area contributed by atoms with Gasteiger partial charge in [-0.25, -0.2) is 9.97 Å². The van der Waals surface area contributed by atoms with Crippen molar-refractivity contribution in [1.82, 2.24) is 19.9 Å². The second-order valence-corrected chi connectivity index (χ2v) is 7.53. The van der Waals surface area contributed by atoms with Crippen molar-refractivity contribution in [3.63, 3.8) is 0 Å². The highest BCUT2D eigenvalue weighted by atomic mass is 35.5. The smallest absolute Gasteiger partial charge is 0.258 e. The average Bonchev–Trinajstić information content (AvgIpc) is 3.09. The van der Waals surface area contributed by atoms with Crippen molar-refractivity contribution in [2.75, 3.05) is 7.05 Å². The van der Waals surface area contributed by atoms with Gasteiger partial charge in [0.1, 0.15) is 5.82 Å². The summed E-state index contributed by atoms with van der Waals surface area (Å²) in [6, 6.07) is 14.7. The van der Waals surface area contributed by atoms with E-state index in [2.05, 4.69) is 15.0 Å². The van der Waals surface area contributed by atoms with Gasteiger partial charge in [0.25, 0.3) is 5.56 Å². The van der Waals surface area contributed by atoms with Crippen LogP contribution in [-0.4, -0.2) is 26.9 Å². The van der Waals surface area contributed by atoms with E-state index in [1.807, 2.05) is 68.3 Å². The molecule has 2 aromatic carbocycles. The summed E-state index contributed by atoms with van der Waals surface area (Å²) in [4.78, 5) is 26.4. The van der Waals surface area contributed by atoms with Gasteiger partial charge in [-0.05, 0) is 57.3 Å². The number of benzene rings is 2. The maximum Gasteiger partial charge on any atom is 0.258 e. The molecule has 1 unspecified atom stereocenters. The third-order valence-corrected chi connectivity index (χ3v) is 5.25. The summed E-state index contributed by atoms with van der Waals surface area (Å²) in [6.45, 7) is 4.39. The summed E-state index contributed by atoms with van der Waals surface area (Å²) < 4.78 is 6.07. The summed E-state index contributed by atoms with van der Waals surface area (Å²) in [5.74, 6) is 1.94. The third kappa shape index (κ3) is 3.95. The highest BCUT2D eigenvalue weighted by molar-refractivity contribution is 6.30. The number of fused-ring (bicyclic) bond motifs is 1. The van der Waals surface area contributed by atoms with Gasteiger partial charge in [-0.2, -0.15) is 0 Å². The molecular formula is C22H21ClN4O2. The summed E-state index contributed by atoms with van der Waals surface area (Å²) in [6.07, 6.45) is 0. The summed E-state index contributed by atoms with van der Waals surface area (Å²) in [7, 11) is 1.95. The number of aromatic nitrogens is 3. The van der Waals surface area contributed by atoms with Gasteiger partial charge in [0, 0.05) is 10.6 Å². The fourth-order valence-corrected chi connectivity index (χ4v) is 3.36. The van der Waals surface area contributed by atoms with Crippen molar-refractivity contribution in [1.29, 1.82) is 0 Å². The molecule has 0 fully saturated rings. The molecule has 0 aliphatic rings. The molecule has 0 amide bonds. The standard InChI is InChI=1S/C22H21ClN4O2/c1-13-20(15-8-10-16(23)11-9-15)29-22(24-13)14(2)27(3)12-19-25-18-7-5-4-6-17(18)21(28)26-19/h4-11,14H,12H2,1-3H3,(H,25,26,28). The van der Waals surface area contributed by atoms with Crippen molar-refractivity contribution >= 4 is 22.5 Å². The SMILES string of the molecule is Cc1nc(C(C)N(C)Cc2nc3ccccc3c(=O)[nH]2)oc1-c1ccc(Cl)cc1. The molecule has 4 rings (SSSR count). The second kappa shape index (κ2) is 7.81. The first kappa shape index (κ1) is 19.4. The van der Waals surface area contributed by atoms with Gasteiger partial charge in [-0.1, -0.05) is 23.7 Å². The molecule has 0 spiro atoms. The summed E-state index contributed by atoms with van der Waals surface area (Å²) >= 11 is 5.98. The number of aromatic amines is 1. The first-order chi connectivity index (χ1) is 13.9. The highest BCUT2D eigenvalue weighted by Crippen LogP contribution is 2.29. The zero-order chi connectivity index (χ0) is 20.5. The number of nitrogens with one attached hydrogen (secondary N) is 1. The van der Waals surface area contributed by atoms with E-state index in [1.54, 1.807) is 6.07 Å². The molecule has 2 heterocycles. The van der Waals surface area contributed by atoms with E-state index < -0.39 is 0 Å². The molecule has 148 valence electrons. The maximum absolute atomic E-state index is 12.3. The molecule has 0 saturated carbocycles. The zero-order valence-electron chi connectivity index (χ0n) is 16.4. The second-order valence-electron chi connectivity index (χ2n) is 7.09. The van der Waals surface area contributed by atoms with Gasteiger partial charge in [-0.3, -0.25) is 9.69 Å². The first-order valence-electron chi connectivity index (χ1n) is 9.34. The van der Waals surface area contributed by atoms with Crippen LogP contribution in [0.1, 0.15) is 30.4 Å². The normalized spacial score (nSPS) is 12.6. The molecule has 1 atom stereocenters. The van der Waals surface area contributed by atoms with Crippen LogP contribution >= 0.6 is 11.6 Å². The molecule has 0 aliphatic heterocycles. The van der Waals surface area contributed by atoms with E-state index in [4.69, 9.17) is 16.0 Å². The molecule has 0 bridgehead atoms. The Morgan fingerprint density at radius 1 is 1.14 bits per heavy atom. The highest BCUT2D eigenvalue weighted by Gasteiger charge is 2.21. The van der Waals surface area contributed by atoms with Crippen LogP contribution in [0.3, 0.4) is 0 Å². The van der Waals surface area contributed by atoms with Crippen LogP contribution in [0.15, 0.2) is 57.7 Å². The monoisotopic (exact) mass is 408 g/mol. The third-order valence-electron chi connectivity index (χ3n) is 5.00. The van der Waals surface area contributed by atoms with E-state index in [1.165, 1.54) is 0 Å². The number of hydrogen-bond donors (Lipinski definition) is 1. The van der Waals surface area contributed by atoms with E-state index >= 15 is 0 Å². The molecular weight excluding hydrogens is 388 g/mol. The van der Waals surface area contributed by atoms with Crippen molar-refractivity contribution in [3.8, 4) is 11.3 Å². The number of aryl methyl sites for hydroxylation is 1. The molecule has 29 heavy (non-hydrogen) atoms. The molecule has 1 N–H and O–H groups in total. The molecule has 0 aliphatic carbocycles. The number of halogens is 1. The van der Waals surface area contributed by atoms with Crippen molar-refractivity contribution in [2.24, 2.45) is 0 Å². The lowest BCUT2D eigenvalue weighted by Gasteiger charge is -2.21. The minimum absolute atomic E-state index is 0.105. The predicted octanol–water partition coefficient (Wildman–Crippen LogP) is 4.73. The van der Waals surface area contributed by atoms with Crippen LogP contribution in [0, 0.1) is 6.92 Å². The Kier molecular flexibility index (Phi) is 5.22. The quantitative estimate of drug-likeness (QED) is 0.516. The van der Waals surface area contributed by atoms with Crippen LogP contribution in [-0.2, 0) is 6.54 Å². The van der Waals surface area contributed by atoms with E-state index in [9.17, 15) is 4.79 Å². The fourth-order valence-electron chi connectivity index (χ4n) is 3.24. The van der Waals surface area contributed by atoms with E-state index in [0.717, 1.165) is 17.0 Å². The number of hydrogen-bond acceptors (Lipinski definition) is 5. The number of para-hydroxylation sites is 1. The van der Waals surface area contributed by atoms with Crippen LogP contribution in [0.2, 0.25) is 5.02 Å². The van der Waals surface area contributed by atoms with Crippen LogP contribution in [0.4, 0.5) is 0 Å². The summed E-state index contributed by atoms with van der Waals surface area (Å²) in [5.41, 5.74) is 2.30. The lowest BCUT2D eigenvalue weighted by atomic mass is 10.1. The van der Waals surface area contributed by atoms with Crippen LogP contribution < -0.4 is 5.56 Å². The number of rotatable bonds is 5.